The maximum absolute atomic E-state index is 9.22. The Bertz CT molecular complexity index is 994. The van der Waals surface area contributed by atoms with Crippen LogP contribution in [0.3, 0.4) is 0 Å². The number of nitrogens with zero attached hydrogens (tertiary/aromatic N) is 2. The summed E-state index contributed by atoms with van der Waals surface area (Å²) in [7, 11) is 0. The maximum Gasteiger partial charge on any atom is 0.122 e. The van der Waals surface area contributed by atoms with Gasteiger partial charge in [0.05, 0.1) is 18.2 Å². The average Bonchev–Trinajstić information content (AvgIpc) is 3.38. The lowest BCUT2D eigenvalue weighted by atomic mass is 9.86. The Morgan fingerprint density at radius 2 is 1.96 bits per heavy atom. The van der Waals surface area contributed by atoms with E-state index in [1.165, 1.54) is 21.6 Å². The van der Waals surface area contributed by atoms with Gasteiger partial charge in [-0.05, 0) is 40.8 Å². The highest BCUT2D eigenvalue weighted by molar-refractivity contribution is 7.13. The molecule has 0 unspecified atom stereocenters. The van der Waals surface area contributed by atoms with Crippen molar-refractivity contribution in [1.29, 1.82) is 5.26 Å². The van der Waals surface area contributed by atoms with E-state index >= 15 is 0 Å². The minimum absolute atomic E-state index is 0. The third-order valence-corrected chi connectivity index (χ3v) is 6.59. The lowest BCUT2D eigenvalue weighted by Crippen LogP contribution is -2.25. The molecule has 0 radical (unpaired) electrons. The van der Waals surface area contributed by atoms with E-state index in [0.717, 1.165) is 37.6 Å². The predicted molar refractivity (Wildman–Crippen MR) is 115 cm³/mol. The van der Waals surface area contributed by atoms with Crippen LogP contribution < -0.4 is 4.74 Å². The van der Waals surface area contributed by atoms with Crippen LogP contribution in [0.15, 0.2) is 60.0 Å². The van der Waals surface area contributed by atoms with Gasteiger partial charge in [0, 0.05) is 41.9 Å². The summed E-state index contributed by atoms with van der Waals surface area (Å²) in [5.41, 5.74) is 4.57. The first-order chi connectivity index (χ1) is 13.3. The Labute approximate surface area is 175 Å². The van der Waals surface area contributed by atoms with E-state index in [4.69, 9.17) is 4.74 Å². The molecule has 1 saturated heterocycles. The second-order valence-electron chi connectivity index (χ2n) is 7.41. The first-order valence-corrected chi connectivity index (χ1v) is 10.2. The highest BCUT2D eigenvalue weighted by Crippen LogP contribution is 2.42. The van der Waals surface area contributed by atoms with Crippen molar-refractivity contribution in [2.24, 2.45) is 5.92 Å². The van der Waals surface area contributed by atoms with Gasteiger partial charge in [0.25, 0.3) is 0 Å². The topological polar surface area (TPSA) is 36.3 Å². The number of thiophene rings is 1. The molecule has 2 atom stereocenters. The summed E-state index contributed by atoms with van der Waals surface area (Å²) in [5.74, 6) is 1.93. The van der Waals surface area contributed by atoms with Crippen LogP contribution >= 0.6 is 23.7 Å². The molecule has 28 heavy (non-hydrogen) atoms. The molecule has 5 rings (SSSR count). The van der Waals surface area contributed by atoms with Gasteiger partial charge in [-0.15, -0.1) is 23.7 Å². The van der Waals surface area contributed by atoms with Crippen LogP contribution in [-0.2, 0) is 6.54 Å². The van der Waals surface area contributed by atoms with E-state index in [9.17, 15) is 5.26 Å². The minimum atomic E-state index is 0. The third-order valence-electron chi connectivity index (χ3n) is 5.67. The van der Waals surface area contributed by atoms with Crippen molar-refractivity contribution in [3.63, 3.8) is 0 Å². The number of halogens is 1. The van der Waals surface area contributed by atoms with E-state index in [2.05, 4.69) is 52.7 Å². The number of fused-ring (bicyclic) bond motifs is 3. The molecule has 0 N–H and O–H groups in total. The summed E-state index contributed by atoms with van der Waals surface area (Å²) in [6.07, 6.45) is 0. The van der Waals surface area contributed by atoms with Gasteiger partial charge in [0.1, 0.15) is 5.75 Å². The van der Waals surface area contributed by atoms with Gasteiger partial charge in [-0.1, -0.05) is 30.3 Å². The molecular weight excluding hydrogens is 388 g/mol. The standard InChI is InChI=1S/C23H20N2OS.ClH/c24-11-17-5-8-22-20(10-17)21-14-25(13-19(21)15-26-22)12-16-3-6-18(7-4-16)23-2-1-9-27-23;/h1-10,19,21H,12-15H2;1H/t19-,21+;/m1./s1. The molecule has 142 valence electrons. The first kappa shape index (κ1) is 19.0. The minimum Gasteiger partial charge on any atom is -0.493 e. The fourth-order valence-electron chi connectivity index (χ4n) is 4.32. The second-order valence-corrected chi connectivity index (χ2v) is 8.36. The summed E-state index contributed by atoms with van der Waals surface area (Å²) < 4.78 is 5.96. The average molecular weight is 409 g/mol. The first-order valence-electron chi connectivity index (χ1n) is 9.32. The Kier molecular flexibility index (Phi) is 5.41. The Balaban J connectivity index is 0.00000192. The lowest BCUT2D eigenvalue weighted by Gasteiger charge is -2.27. The van der Waals surface area contributed by atoms with Crippen LogP contribution in [-0.4, -0.2) is 24.6 Å². The number of hydrogen-bond acceptors (Lipinski definition) is 4. The second kappa shape index (κ2) is 7.97. The van der Waals surface area contributed by atoms with Crippen molar-refractivity contribution >= 4 is 23.7 Å². The summed E-state index contributed by atoms with van der Waals surface area (Å²) in [6, 6.07) is 21.3. The number of benzene rings is 2. The zero-order valence-corrected chi connectivity index (χ0v) is 17.0. The van der Waals surface area contributed by atoms with Gasteiger partial charge in [-0.3, -0.25) is 4.90 Å². The third kappa shape index (κ3) is 3.54. The molecule has 3 nitrogen and oxygen atoms in total. The van der Waals surface area contributed by atoms with Crippen molar-refractivity contribution in [2.45, 2.75) is 12.5 Å². The molecule has 1 fully saturated rings. The van der Waals surface area contributed by atoms with Gasteiger partial charge in [0.15, 0.2) is 0 Å². The molecular formula is C23H21ClN2OS. The smallest absolute Gasteiger partial charge is 0.122 e. The number of ether oxygens (including phenoxy) is 1. The van der Waals surface area contributed by atoms with E-state index < -0.39 is 0 Å². The number of rotatable bonds is 3. The predicted octanol–water partition coefficient (Wildman–Crippen LogP) is 5.32. The van der Waals surface area contributed by atoms with E-state index in [1.807, 2.05) is 18.2 Å². The van der Waals surface area contributed by atoms with Crippen molar-refractivity contribution in [3.05, 3.63) is 76.7 Å². The Morgan fingerprint density at radius 3 is 2.71 bits per heavy atom. The van der Waals surface area contributed by atoms with Gasteiger partial charge >= 0.3 is 0 Å². The molecule has 1 aromatic heterocycles. The normalized spacial score (nSPS) is 20.4. The van der Waals surface area contributed by atoms with Crippen LogP contribution in [0.25, 0.3) is 10.4 Å². The molecule has 0 aliphatic carbocycles. The molecule has 0 spiro atoms. The molecule has 0 amide bonds. The largest absolute Gasteiger partial charge is 0.493 e. The van der Waals surface area contributed by atoms with E-state index in [1.54, 1.807) is 11.3 Å². The molecule has 2 aliphatic heterocycles. The maximum atomic E-state index is 9.22. The van der Waals surface area contributed by atoms with Crippen LogP contribution in [0, 0.1) is 17.2 Å². The molecule has 3 aromatic rings. The van der Waals surface area contributed by atoms with Gasteiger partial charge in [-0.25, -0.2) is 0 Å². The quantitative estimate of drug-likeness (QED) is 0.588. The lowest BCUT2D eigenvalue weighted by molar-refractivity contribution is 0.212. The molecule has 0 saturated carbocycles. The van der Waals surface area contributed by atoms with Gasteiger partial charge in [0.2, 0.25) is 0 Å². The monoisotopic (exact) mass is 408 g/mol. The van der Waals surface area contributed by atoms with E-state index in [0.29, 0.717) is 11.8 Å². The van der Waals surface area contributed by atoms with Gasteiger partial charge in [-0.2, -0.15) is 5.26 Å². The summed E-state index contributed by atoms with van der Waals surface area (Å²) in [5, 5.41) is 11.3. The number of likely N-dealkylation sites (tertiary alicyclic amines) is 1. The van der Waals surface area contributed by atoms with Crippen molar-refractivity contribution < 1.29 is 4.74 Å². The molecule has 3 heterocycles. The van der Waals surface area contributed by atoms with Crippen molar-refractivity contribution in [1.82, 2.24) is 4.90 Å². The van der Waals surface area contributed by atoms with Crippen molar-refractivity contribution in [3.8, 4) is 22.3 Å². The summed E-state index contributed by atoms with van der Waals surface area (Å²) >= 11 is 1.78. The van der Waals surface area contributed by atoms with E-state index in [-0.39, 0.29) is 12.4 Å². The molecule has 0 bridgehead atoms. The highest BCUT2D eigenvalue weighted by atomic mass is 35.5. The van der Waals surface area contributed by atoms with Crippen LogP contribution in [0.4, 0.5) is 0 Å². The summed E-state index contributed by atoms with van der Waals surface area (Å²) in [6.45, 7) is 3.82. The zero-order chi connectivity index (χ0) is 18.2. The highest BCUT2D eigenvalue weighted by Gasteiger charge is 2.38. The molecule has 5 heteroatoms. The fourth-order valence-corrected chi connectivity index (χ4v) is 5.06. The van der Waals surface area contributed by atoms with Crippen LogP contribution in [0.5, 0.6) is 5.75 Å². The Hall–Kier alpha value is -2.32. The molecule has 2 aliphatic rings. The zero-order valence-electron chi connectivity index (χ0n) is 15.4. The molecule has 2 aromatic carbocycles. The summed E-state index contributed by atoms with van der Waals surface area (Å²) in [4.78, 5) is 3.84. The number of nitriles is 1. The Morgan fingerprint density at radius 1 is 1.11 bits per heavy atom. The van der Waals surface area contributed by atoms with Crippen molar-refractivity contribution in [2.75, 3.05) is 19.7 Å². The van der Waals surface area contributed by atoms with Crippen LogP contribution in [0.1, 0.15) is 22.6 Å². The number of hydrogen-bond donors (Lipinski definition) is 0. The van der Waals surface area contributed by atoms with Gasteiger partial charge < -0.3 is 4.74 Å². The fraction of sp³-hybridized carbons (Fsp3) is 0.261. The van der Waals surface area contributed by atoms with Crippen LogP contribution in [0.2, 0.25) is 0 Å². The SMILES string of the molecule is Cl.N#Cc1ccc2c(c1)[C@H]1CN(Cc3ccc(-c4cccs4)cc3)C[C@@H]1CO2.